The minimum Gasteiger partial charge on any atom is -0.377 e. The third kappa shape index (κ3) is 2.44. The van der Waals surface area contributed by atoms with E-state index in [0.29, 0.717) is 11.3 Å². The summed E-state index contributed by atoms with van der Waals surface area (Å²) >= 11 is 0. The molecule has 5 heteroatoms. The van der Waals surface area contributed by atoms with Gasteiger partial charge in [0.05, 0.1) is 17.4 Å². The summed E-state index contributed by atoms with van der Waals surface area (Å²) in [6.07, 6.45) is 3.20. The van der Waals surface area contributed by atoms with Crippen molar-refractivity contribution in [3.63, 3.8) is 0 Å². The second-order valence-electron chi connectivity index (χ2n) is 3.85. The first kappa shape index (κ1) is 11.2. The number of carbonyl (C=O) groups excluding carboxylic acids is 1. The molecular formula is C12H14N4O. The molecule has 1 amide bonds. The van der Waals surface area contributed by atoms with Gasteiger partial charge in [-0.2, -0.15) is 5.10 Å². The van der Waals surface area contributed by atoms with Crippen LogP contribution in [0.3, 0.4) is 0 Å². The lowest BCUT2D eigenvalue weighted by Crippen LogP contribution is -2.18. The molecule has 1 heterocycles. The molecule has 0 aliphatic rings. The third-order valence-corrected chi connectivity index (χ3v) is 2.39. The van der Waals surface area contributed by atoms with Crippen molar-refractivity contribution in [2.24, 2.45) is 0 Å². The molecule has 2 rings (SSSR count). The standard InChI is InChI=1S/C12H14N4O/c1-16(2)11-6-4-3-5-10(11)12(17)15-9-7-13-14-8-9/h3-8H,1-2H3,(H,13,14)(H,15,17). The van der Waals surface area contributed by atoms with Crippen LogP contribution < -0.4 is 10.2 Å². The Kier molecular flexibility index (Phi) is 3.09. The number of para-hydroxylation sites is 1. The lowest BCUT2D eigenvalue weighted by Gasteiger charge is -2.16. The monoisotopic (exact) mass is 230 g/mol. The molecule has 1 aromatic heterocycles. The van der Waals surface area contributed by atoms with Crippen LogP contribution in [0.25, 0.3) is 0 Å². The fraction of sp³-hybridized carbons (Fsp3) is 0.167. The first-order chi connectivity index (χ1) is 8.18. The average Bonchev–Trinajstić information content (AvgIpc) is 2.81. The SMILES string of the molecule is CN(C)c1ccccc1C(=O)Nc1cn[nH]c1. The second-order valence-corrected chi connectivity index (χ2v) is 3.85. The molecule has 0 spiro atoms. The normalized spacial score (nSPS) is 10.0. The summed E-state index contributed by atoms with van der Waals surface area (Å²) in [5.41, 5.74) is 2.18. The van der Waals surface area contributed by atoms with Gasteiger partial charge in [-0.05, 0) is 12.1 Å². The number of H-pyrrole nitrogens is 1. The van der Waals surface area contributed by atoms with Gasteiger partial charge < -0.3 is 10.2 Å². The highest BCUT2D eigenvalue weighted by atomic mass is 16.1. The number of aromatic amines is 1. The van der Waals surface area contributed by atoms with Crippen LogP contribution in [0.1, 0.15) is 10.4 Å². The number of rotatable bonds is 3. The predicted molar refractivity (Wildman–Crippen MR) is 67.3 cm³/mol. The molecule has 0 unspecified atom stereocenters. The number of hydrogen-bond acceptors (Lipinski definition) is 3. The van der Waals surface area contributed by atoms with Crippen LogP contribution in [0.2, 0.25) is 0 Å². The molecule has 0 saturated heterocycles. The Morgan fingerprint density at radius 1 is 1.35 bits per heavy atom. The topological polar surface area (TPSA) is 61.0 Å². The summed E-state index contributed by atoms with van der Waals surface area (Å²) in [7, 11) is 3.81. The molecule has 0 saturated carbocycles. The molecule has 88 valence electrons. The summed E-state index contributed by atoms with van der Waals surface area (Å²) in [5.74, 6) is -0.143. The smallest absolute Gasteiger partial charge is 0.257 e. The Bertz CT molecular complexity index is 505. The Balaban J connectivity index is 2.25. The number of carbonyl (C=O) groups is 1. The van der Waals surface area contributed by atoms with Gasteiger partial charge in [-0.25, -0.2) is 0 Å². The Hall–Kier alpha value is -2.30. The van der Waals surface area contributed by atoms with Crippen molar-refractivity contribution < 1.29 is 4.79 Å². The molecular weight excluding hydrogens is 216 g/mol. The van der Waals surface area contributed by atoms with E-state index in [4.69, 9.17) is 0 Å². The summed E-state index contributed by atoms with van der Waals surface area (Å²) in [4.78, 5) is 14.0. The van der Waals surface area contributed by atoms with Gasteiger partial charge in [0.25, 0.3) is 5.91 Å². The quantitative estimate of drug-likeness (QED) is 0.844. The maximum atomic E-state index is 12.1. The Morgan fingerprint density at radius 3 is 2.76 bits per heavy atom. The van der Waals surface area contributed by atoms with Crippen LogP contribution in [-0.2, 0) is 0 Å². The molecule has 0 atom stereocenters. The van der Waals surface area contributed by atoms with E-state index < -0.39 is 0 Å². The summed E-state index contributed by atoms with van der Waals surface area (Å²) < 4.78 is 0. The fourth-order valence-electron chi connectivity index (χ4n) is 1.57. The van der Waals surface area contributed by atoms with Crippen molar-refractivity contribution in [2.75, 3.05) is 24.3 Å². The summed E-state index contributed by atoms with van der Waals surface area (Å²) in [6, 6.07) is 7.45. The van der Waals surface area contributed by atoms with Crippen LogP contribution in [-0.4, -0.2) is 30.2 Å². The van der Waals surface area contributed by atoms with Crippen molar-refractivity contribution >= 4 is 17.3 Å². The van der Waals surface area contributed by atoms with Crippen LogP contribution in [0.5, 0.6) is 0 Å². The van der Waals surface area contributed by atoms with Crippen molar-refractivity contribution in [1.29, 1.82) is 0 Å². The average molecular weight is 230 g/mol. The van der Waals surface area contributed by atoms with Crippen molar-refractivity contribution in [1.82, 2.24) is 10.2 Å². The number of nitrogens with zero attached hydrogens (tertiary/aromatic N) is 2. The zero-order valence-electron chi connectivity index (χ0n) is 9.77. The number of benzene rings is 1. The second kappa shape index (κ2) is 4.69. The Labute approximate surface area is 99.5 Å². The van der Waals surface area contributed by atoms with Crippen molar-refractivity contribution in [3.8, 4) is 0 Å². The minimum atomic E-state index is -0.143. The third-order valence-electron chi connectivity index (χ3n) is 2.39. The van der Waals surface area contributed by atoms with Crippen LogP contribution in [0.15, 0.2) is 36.7 Å². The number of amides is 1. The first-order valence-corrected chi connectivity index (χ1v) is 5.25. The maximum Gasteiger partial charge on any atom is 0.257 e. The maximum absolute atomic E-state index is 12.1. The molecule has 2 N–H and O–H groups in total. The van der Waals surface area contributed by atoms with Gasteiger partial charge in [-0.1, -0.05) is 12.1 Å². The molecule has 0 radical (unpaired) electrons. The van der Waals surface area contributed by atoms with Gasteiger partial charge in [0.2, 0.25) is 0 Å². The van der Waals surface area contributed by atoms with Gasteiger partial charge in [0.15, 0.2) is 0 Å². The van der Waals surface area contributed by atoms with Crippen LogP contribution >= 0.6 is 0 Å². The number of nitrogens with one attached hydrogen (secondary N) is 2. The lowest BCUT2D eigenvalue weighted by molar-refractivity contribution is 0.102. The zero-order chi connectivity index (χ0) is 12.3. The molecule has 5 nitrogen and oxygen atoms in total. The Morgan fingerprint density at radius 2 is 2.12 bits per heavy atom. The molecule has 1 aromatic carbocycles. The van der Waals surface area contributed by atoms with E-state index in [1.807, 2.05) is 37.2 Å². The number of aromatic nitrogens is 2. The van der Waals surface area contributed by atoms with Gasteiger partial charge >= 0.3 is 0 Å². The first-order valence-electron chi connectivity index (χ1n) is 5.25. The van der Waals surface area contributed by atoms with E-state index in [1.54, 1.807) is 18.5 Å². The highest BCUT2D eigenvalue weighted by Crippen LogP contribution is 2.19. The molecule has 0 bridgehead atoms. The van der Waals surface area contributed by atoms with Crippen molar-refractivity contribution in [3.05, 3.63) is 42.2 Å². The highest BCUT2D eigenvalue weighted by molar-refractivity contribution is 6.08. The van der Waals surface area contributed by atoms with E-state index in [1.165, 1.54) is 0 Å². The van der Waals surface area contributed by atoms with E-state index in [9.17, 15) is 4.79 Å². The van der Waals surface area contributed by atoms with E-state index in [-0.39, 0.29) is 5.91 Å². The van der Waals surface area contributed by atoms with Gasteiger partial charge in [-0.3, -0.25) is 9.89 Å². The zero-order valence-corrected chi connectivity index (χ0v) is 9.77. The minimum absolute atomic E-state index is 0.143. The molecule has 0 aliphatic heterocycles. The van der Waals surface area contributed by atoms with E-state index >= 15 is 0 Å². The van der Waals surface area contributed by atoms with Gasteiger partial charge in [-0.15, -0.1) is 0 Å². The largest absolute Gasteiger partial charge is 0.377 e. The predicted octanol–water partition coefficient (Wildman–Crippen LogP) is 1.73. The lowest BCUT2D eigenvalue weighted by atomic mass is 10.1. The number of anilines is 2. The van der Waals surface area contributed by atoms with E-state index in [0.717, 1.165) is 5.69 Å². The number of hydrogen-bond donors (Lipinski definition) is 2. The van der Waals surface area contributed by atoms with Crippen LogP contribution in [0.4, 0.5) is 11.4 Å². The summed E-state index contributed by atoms with van der Waals surface area (Å²) in [5, 5.41) is 9.20. The molecule has 2 aromatic rings. The van der Waals surface area contributed by atoms with Gasteiger partial charge in [0, 0.05) is 26.0 Å². The molecule has 17 heavy (non-hydrogen) atoms. The molecule has 0 fully saturated rings. The molecule has 0 aliphatic carbocycles. The highest BCUT2D eigenvalue weighted by Gasteiger charge is 2.12. The fourth-order valence-corrected chi connectivity index (χ4v) is 1.57. The summed E-state index contributed by atoms with van der Waals surface area (Å²) in [6.45, 7) is 0. The van der Waals surface area contributed by atoms with Gasteiger partial charge in [0.1, 0.15) is 0 Å². The van der Waals surface area contributed by atoms with Crippen molar-refractivity contribution in [2.45, 2.75) is 0 Å². The van der Waals surface area contributed by atoms with Crippen LogP contribution in [0, 0.1) is 0 Å². The van der Waals surface area contributed by atoms with E-state index in [2.05, 4.69) is 15.5 Å².